The Morgan fingerprint density at radius 2 is 1.20 bits per heavy atom. The lowest BCUT2D eigenvalue weighted by atomic mass is 9.79. The Morgan fingerprint density at radius 3 is 2.11 bits per heavy atom. The van der Waals surface area contributed by atoms with E-state index in [0.29, 0.717) is 0 Å². The number of hydrogen-bond donors (Lipinski definition) is 0. The zero-order chi connectivity index (χ0) is 36.2. The van der Waals surface area contributed by atoms with Gasteiger partial charge in [-0.3, -0.25) is 4.57 Å². The van der Waals surface area contributed by atoms with Crippen LogP contribution in [-0.2, 0) is 5.41 Å². The third kappa shape index (κ3) is 3.57. The Morgan fingerprint density at radius 1 is 0.491 bits per heavy atom. The van der Waals surface area contributed by atoms with Gasteiger partial charge < -0.3 is 4.40 Å². The van der Waals surface area contributed by atoms with Crippen molar-refractivity contribution in [2.24, 2.45) is 0 Å². The highest BCUT2D eigenvalue weighted by Gasteiger charge is 2.39. The van der Waals surface area contributed by atoms with Gasteiger partial charge in [-0.05, 0) is 63.4 Å². The van der Waals surface area contributed by atoms with E-state index in [0.717, 1.165) is 49.9 Å². The predicted molar refractivity (Wildman–Crippen MR) is 229 cm³/mol. The summed E-state index contributed by atoms with van der Waals surface area (Å²) in [6, 6.07) is 57.5. The maximum Gasteiger partial charge on any atom is 0.165 e. The molecule has 13 rings (SSSR count). The molecule has 4 heteroatoms. The van der Waals surface area contributed by atoms with Crippen molar-refractivity contribution in [2.45, 2.75) is 19.3 Å². The maximum absolute atomic E-state index is 5.71. The van der Waals surface area contributed by atoms with Crippen molar-refractivity contribution in [1.29, 1.82) is 0 Å². The smallest absolute Gasteiger partial charge is 0.165 e. The fraction of sp³-hybridized carbons (Fsp3) is 0.0588. The summed E-state index contributed by atoms with van der Waals surface area (Å²) in [6.45, 7) is 4.82. The molecule has 0 aliphatic heterocycles. The molecule has 8 aromatic carbocycles. The van der Waals surface area contributed by atoms with E-state index in [2.05, 4.69) is 181 Å². The molecule has 1 aliphatic rings. The number of rotatable bonds is 2. The Hall–Kier alpha value is -7.04. The largest absolute Gasteiger partial charge is 0.308 e. The zero-order valence-electron chi connectivity index (χ0n) is 30.3. The zero-order valence-corrected chi connectivity index (χ0v) is 30.3. The number of nitrogens with zero attached hydrogens (tertiary/aromatic N) is 4. The lowest BCUT2D eigenvalue weighted by molar-refractivity contribution is 0.667. The molecule has 0 unspecified atom stereocenters. The van der Waals surface area contributed by atoms with Crippen LogP contribution in [0.4, 0.5) is 0 Å². The highest BCUT2D eigenvalue weighted by molar-refractivity contribution is 6.33. The van der Waals surface area contributed by atoms with Gasteiger partial charge in [-0.25, -0.2) is 9.97 Å². The highest BCUT2D eigenvalue weighted by atomic mass is 15.1. The number of para-hydroxylation sites is 2. The van der Waals surface area contributed by atoms with Gasteiger partial charge in [0.2, 0.25) is 0 Å². The van der Waals surface area contributed by atoms with Crippen LogP contribution in [0.25, 0.3) is 110 Å². The summed E-state index contributed by atoms with van der Waals surface area (Å²) in [7, 11) is 0. The summed E-state index contributed by atoms with van der Waals surface area (Å²) in [5, 5.41) is 9.89. The molecule has 0 bridgehead atoms. The molecule has 4 nitrogen and oxygen atoms in total. The summed E-state index contributed by atoms with van der Waals surface area (Å²) >= 11 is 0. The minimum Gasteiger partial charge on any atom is -0.308 e. The lowest BCUT2D eigenvalue weighted by Gasteiger charge is -2.23. The van der Waals surface area contributed by atoms with Gasteiger partial charge in [0, 0.05) is 43.3 Å². The van der Waals surface area contributed by atoms with Crippen molar-refractivity contribution in [1.82, 2.24) is 18.9 Å². The molecule has 12 aromatic rings. The Labute approximate surface area is 315 Å². The first-order chi connectivity index (χ1) is 27.1. The standard InChI is InChI=1S/C51H32N4/c1-51(2)37-22-10-8-18-32(37)36-28-42-45-43(46(36)51)35-21-12-20-34-33-19-9-11-23-39(33)54(49(34)35)40-24-13-25-41(44(40)45)55(42)50-47(30-15-4-3-5-16-30)52-38-27-26-29-14-6-7-17-31(29)48(38)53-50/h3-28H,1-2H3. The van der Waals surface area contributed by atoms with E-state index < -0.39 is 0 Å². The maximum atomic E-state index is 5.71. The molecule has 0 saturated heterocycles. The van der Waals surface area contributed by atoms with Crippen LogP contribution in [0.3, 0.4) is 0 Å². The average molecular weight is 701 g/mol. The van der Waals surface area contributed by atoms with Crippen molar-refractivity contribution in [3.63, 3.8) is 0 Å². The van der Waals surface area contributed by atoms with Crippen LogP contribution in [0.1, 0.15) is 25.0 Å². The first-order valence-electron chi connectivity index (χ1n) is 19.1. The Balaban J connectivity index is 1.34. The quantitative estimate of drug-likeness (QED) is 0.168. The van der Waals surface area contributed by atoms with Gasteiger partial charge >= 0.3 is 0 Å². The summed E-state index contributed by atoms with van der Waals surface area (Å²) in [4.78, 5) is 11.2. The first-order valence-corrected chi connectivity index (χ1v) is 19.1. The second-order valence-electron chi connectivity index (χ2n) is 15.7. The Bertz CT molecular complexity index is 3620. The van der Waals surface area contributed by atoms with Crippen LogP contribution in [0.2, 0.25) is 0 Å². The molecule has 0 saturated carbocycles. The monoisotopic (exact) mass is 700 g/mol. The van der Waals surface area contributed by atoms with E-state index in [1.807, 2.05) is 0 Å². The number of hydrogen-bond acceptors (Lipinski definition) is 2. The molecule has 0 fully saturated rings. The molecule has 0 spiro atoms. The summed E-state index contributed by atoms with van der Waals surface area (Å²) in [5.41, 5.74) is 14.7. The van der Waals surface area contributed by atoms with Crippen molar-refractivity contribution in [3.05, 3.63) is 169 Å². The van der Waals surface area contributed by atoms with Gasteiger partial charge in [0.05, 0.1) is 38.6 Å². The molecule has 0 atom stereocenters. The molecule has 0 N–H and O–H groups in total. The third-order valence-electron chi connectivity index (χ3n) is 12.6. The number of aromatic nitrogens is 4. The topological polar surface area (TPSA) is 35.1 Å². The second kappa shape index (κ2) is 10.1. The molecule has 1 aliphatic carbocycles. The van der Waals surface area contributed by atoms with Crippen molar-refractivity contribution < 1.29 is 0 Å². The van der Waals surface area contributed by atoms with Gasteiger partial charge in [-0.15, -0.1) is 0 Å². The number of benzene rings is 8. The van der Waals surface area contributed by atoms with Crippen molar-refractivity contribution >= 4 is 81.7 Å². The highest BCUT2D eigenvalue weighted by Crippen LogP contribution is 2.56. The van der Waals surface area contributed by atoms with E-state index in [-0.39, 0.29) is 5.41 Å². The van der Waals surface area contributed by atoms with E-state index >= 15 is 0 Å². The average Bonchev–Trinajstić information content (AvgIpc) is 3.79. The van der Waals surface area contributed by atoms with Crippen LogP contribution in [0, 0.1) is 0 Å². The molecule has 256 valence electrons. The third-order valence-corrected chi connectivity index (χ3v) is 12.6. The van der Waals surface area contributed by atoms with Crippen LogP contribution < -0.4 is 0 Å². The SMILES string of the molecule is CC1(C)c2ccccc2-c2cc3c4c(c21)c1cccc2c5ccccc5n(c5cccc(c45)n3-c3nc4c(ccc5ccccc54)nc3-c3ccccc3)c21. The molecule has 0 radical (unpaired) electrons. The van der Waals surface area contributed by atoms with Crippen LogP contribution in [-0.4, -0.2) is 18.9 Å². The fourth-order valence-corrected chi connectivity index (χ4v) is 10.3. The van der Waals surface area contributed by atoms with E-state index in [9.17, 15) is 0 Å². The van der Waals surface area contributed by atoms with Gasteiger partial charge in [-0.1, -0.05) is 141 Å². The molecular formula is C51H32N4. The molecular weight excluding hydrogens is 669 g/mol. The lowest BCUT2D eigenvalue weighted by Crippen LogP contribution is -2.15. The van der Waals surface area contributed by atoms with Crippen LogP contribution >= 0.6 is 0 Å². The summed E-state index contributed by atoms with van der Waals surface area (Å²) < 4.78 is 4.96. The van der Waals surface area contributed by atoms with Gasteiger partial charge in [0.15, 0.2) is 5.82 Å². The normalized spacial score (nSPS) is 13.8. The van der Waals surface area contributed by atoms with Gasteiger partial charge in [0.1, 0.15) is 5.69 Å². The predicted octanol–water partition coefficient (Wildman–Crippen LogP) is 13.0. The number of fused-ring (bicyclic) bond motifs is 12. The van der Waals surface area contributed by atoms with E-state index in [1.165, 1.54) is 71.1 Å². The van der Waals surface area contributed by atoms with E-state index in [1.54, 1.807) is 0 Å². The fourth-order valence-electron chi connectivity index (χ4n) is 10.3. The summed E-state index contributed by atoms with van der Waals surface area (Å²) in [5.74, 6) is 0.833. The minimum atomic E-state index is -0.223. The van der Waals surface area contributed by atoms with Crippen molar-refractivity contribution in [3.8, 4) is 28.2 Å². The minimum absolute atomic E-state index is 0.223. The molecule has 4 aromatic heterocycles. The second-order valence-corrected chi connectivity index (χ2v) is 15.7. The van der Waals surface area contributed by atoms with Crippen LogP contribution in [0.5, 0.6) is 0 Å². The molecule has 55 heavy (non-hydrogen) atoms. The molecule has 0 amide bonds. The molecule has 4 heterocycles. The Kier molecular flexibility index (Phi) is 5.42. The van der Waals surface area contributed by atoms with E-state index in [4.69, 9.17) is 9.97 Å². The van der Waals surface area contributed by atoms with Crippen molar-refractivity contribution in [2.75, 3.05) is 0 Å². The van der Waals surface area contributed by atoms with Crippen LogP contribution in [0.15, 0.2) is 158 Å². The summed E-state index contributed by atoms with van der Waals surface area (Å²) in [6.07, 6.45) is 0. The van der Waals surface area contributed by atoms with Gasteiger partial charge in [-0.2, -0.15) is 0 Å². The van der Waals surface area contributed by atoms with Gasteiger partial charge in [0.25, 0.3) is 0 Å². The first kappa shape index (κ1) is 29.4.